The Morgan fingerprint density at radius 2 is 2.25 bits per heavy atom. The number of nitrogens with zero attached hydrogens (tertiary/aromatic N) is 4. The highest BCUT2D eigenvalue weighted by atomic mass is 16.5. The highest BCUT2D eigenvalue weighted by molar-refractivity contribution is 5.87. The van der Waals surface area contributed by atoms with Crippen molar-refractivity contribution in [3.8, 4) is 0 Å². The van der Waals surface area contributed by atoms with Crippen molar-refractivity contribution in [1.82, 2.24) is 24.9 Å². The molecule has 24 heavy (non-hydrogen) atoms. The van der Waals surface area contributed by atoms with Crippen LogP contribution in [0.3, 0.4) is 0 Å². The zero-order chi connectivity index (χ0) is 17.1. The van der Waals surface area contributed by atoms with Crippen LogP contribution in [-0.2, 0) is 9.53 Å². The number of amides is 2. The average molecular weight is 332 g/mol. The van der Waals surface area contributed by atoms with Gasteiger partial charge in [-0.15, -0.1) is 5.10 Å². The number of carbonyl (C=O) groups is 2. The van der Waals surface area contributed by atoms with E-state index in [-0.39, 0.29) is 23.9 Å². The second-order valence-electron chi connectivity index (χ2n) is 5.86. The Kier molecular flexibility index (Phi) is 4.59. The number of esters is 1. The largest absolute Gasteiger partial charge is 0.465 e. The predicted octanol–water partition coefficient (Wildman–Crippen LogP) is 1.21. The maximum absolute atomic E-state index is 11.9. The number of carbonyl (C=O) groups excluding carboxylic acids is 2. The highest BCUT2D eigenvalue weighted by Gasteiger charge is 2.25. The number of fused-ring (bicyclic) bond motifs is 1. The molecule has 9 nitrogen and oxygen atoms in total. The maximum Gasteiger partial charge on any atom is 0.321 e. The minimum Gasteiger partial charge on any atom is -0.465 e. The summed E-state index contributed by atoms with van der Waals surface area (Å²) in [6, 6.07) is 1.51. The Hall–Kier alpha value is -2.71. The SMILES string of the molecule is Cc1cc(C)n2nc(NC(=O)NCCCC3CCOC3=O)nc2n1. The first-order valence-electron chi connectivity index (χ1n) is 7.95. The lowest BCUT2D eigenvalue weighted by Crippen LogP contribution is -2.30. The molecule has 1 aliphatic heterocycles. The maximum atomic E-state index is 11.9. The summed E-state index contributed by atoms with van der Waals surface area (Å²) in [5, 5.41) is 9.52. The van der Waals surface area contributed by atoms with Crippen LogP contribution in [0.25, 0.3) is 5.78 Å². The van der Waals surface area contributed by atoms with Gasteiger partial charge in [0.05, 0.1) is 12.5 Å². The van der Waals surface area contributed by atoms with Crippen LogP contribution in [0, 0.1) is 19.8 Å². The summed E-state index contributed by atoms with van der Waals surface area (Å²) in [6.45, 7) is 4.75. The molecule has 0 bridgehead atoms. The smallest absolute Gasteiger partial charge is 0.321 e. The van der Waals surface area contributed by atoms with E-state index >= 15 is 0 Å². The molecule has 0 radical (unpaired) electrons. The number of aromatic nitrogens is 4. The molecule has 128 valence electrons. The number of hydrogen-bond donors (Lipinski definition) is 2. The molecule has 1 aliphatic rings. The number of anilines is 1. The van der Waals surface area contributed by atoms with Crippen molar-refractivity contribution in [2.75, 3.05) is 18.5 Å². The number of nitrogens with one attached hydrogen (secondary N) is 2. The van der Waals surface area contributed by atoms with Crippen molar-refractivity contribution in [1.29, 1.82) is 0 Å². The number of urea groups is 1. The van der Waals surface area contributed by atoms with Crippen molar-refractivity contribution in [3.05, 3.63) is 17.5 Å². The second-order valence-corrected chi connectivity index (χ2v) is 5.86. The summed E-state index contributed by atoms with van der Waals surface area (Å²) in [7, 11) is 0. The van der Waals surface area contributed by atoms with Gasteiger partial charge in [-0.3, -0.25) is 10.1 Å². The third-order valence-corrected chi connectivity index (χ3v) is 3.90. The molecule has 1 atom stereocenters. The Balaban J connectivity index is 1.48. The van der Waals surface area contributed by atoms with Crippen molar-refractivity contribution in [2.45, 2.75) is 33.1 Å². The van der Waals surface area contributed by atoms with Gasteiger partial charge in [-0.05, 0) is 39.2 Å². The molecule has 0 aromatic carbocycles. The number of cyclic esters (lactones) is 1. The van der Waals surface area contributed by atoms with Gasteiger partial charge in [0.15, 0.2) is 0 Å². The number of aryl methyl sites for hydroxylation is 2. The first-order chi connectivity index (χ1) is 11.5. The van der Waals surface area contributed by atoms with Crippen LogP contribution in [0.4, 0.5) is 10.7 Å². The molecule has 0 saturated carbocycles. The summed E-state index contributed by atoms with van der Waals surface area (Å²) in [6.07, 6.45) is 2.20. The fraction of sp³-hybridized carbons (Fsp3) is 0.533. The van der Waals surface area contributed by atoms with E-state index in [0.717, 1.165) is 17.8 Å². The second kappa shape index (κ2) is 6.81. The summed E-state index contributed by atoms with van der Waals surface area (Å²) in [5.41, 5.74) is 1.73. The molecule has 1 saturated heterocycles. The van der Waals surface area contributed by atoms with Crippen LogP contribution in [0.5, 0.6) is 0 Å². The van der Waals surface area contributed by atoms with Crippen molar-refractivity contribution >= 4 is 23.7 Å². The lowest BCUT2D eigenvalue weighted by molar-refractivity contribution is -0.141. The van der Waals surface area contributed by atoms with Crippen LogP contribution in [-0.4, -0.2) is 44.7 Å². The lowest BCUT2D eigenvalue weighted by Gasteiger charge is -2.06. The number of hydrogen-bond acceptors (Lipinski definition) is 6. The Labute approximate surface area is 138 Å². The molecule has 2 N–H and O–H groups in total. The van der Waals surface area contributed by atoms with Gasteiger partial charge < -0.3 is 10.1 Å². The van der Waals surface area contributed by atoms with Gasteiger partial charge in [-0.2, -0.15) is 9.50 Å². The molecule has 2 aromatic rings. The molecule has 3 heterocycles. The molecule has 2 aromatic heterocycles. The van der Waals surface area contributed by atoms with Crippen LogP contribution in [0.15, 0.2) is 6.07 Å². The van der Waals surface area contributed by atoms with E-state index < -0.39 is 0 Å². The van der Waals surface area contributed by atoms with E-state index in [1.165, 1.54) is 0 Å². The van der Waals surface area contributed by atoms with Gasteiger partial charge in [0.2, 0.25) is 0 Å². The third-order valence-electron chi connectivity index (χ3n) is 3.90. The highest BCUT2D eigenvalue weighted by Crippen LogP contribution is 2.19. The van der Waals surface area contributed by atoms with E-state index in [0.29, 0.717) is 31.8 Å². The Morgan fingerprint density at radius 3 is 3.00 bits per heavy atom. The molecular weight excluding hydrogens is 312 g/mol. The van der Waals surface area contributed by atoms with Crippen molar-refractivity contribution < 1.29 is 14.3 Å². The van der Waals surface area contributed by atoms with Crippen molar-refractivity contribution in [3.63, 3.8) is 0 Å². The first-order valence-corrected chi connectivity index (χ1v) is 7.95. The third kappa shape index (κ3) is 3.61. The van der Waals surface area contributed by atoms with Crippen LogP contribution in [0.1, 0.15) is 30.7 Å². The fourth-order valence-corrected chi connectivity index (χ4v) is 2.72. The summed E-state index contributed by atoms with van der Waals surface area (Å²) in [5.74, 6) is 0.481. The van der Waals surface area contributed by atoms with Gasteiger partial charge in [0.1, 0.15) is 0 Å². The molecule has 0 spiro atoms. The molecule has 3 rings (SSSR count). The molecule has 0 aliphatic carbocycles. The molecular formula is C15H20N6O3. The summed E-state index contributed by atoms with van der Waals surface area (Å²) in [4.78, 5) is 31.7. The Morgan fingerprint density at radius 1 is 1.42 bits per heavy atom. The molecule has 1 unspecified atom stereocenters. The zero-order valence-electron chi connectivity index (χ0n) is 13.7. The van der Waals surface area contributed by atoms with Gasteiger partial charge in [0, 0.05) is 17.9 Å². The number of ether oxygens (including phenoxy) is 1. The van der Waals surface area contributed by atoms with E-state index in [1.54, 1.807) is 4.52 Å². The van der Waals surface area contributed by atoms with Crippen molar-refractivity contribution in [2.24, 2.45) is 5.92 Å². The predicted molar refractivity (Wildman–Crippen MR) is 85.6 cm³/mol. The van der Waals surface area contributed by atoms with E-state index in [9.17, 15) is 9.59 Å². The summed E-state index contributed by atoms with van der Waals surface area (Å²) >= 11 is 0. The van der Waals surface area contributed by atoms with Crippen LogP contribution in [0.2, 0.25) is 0 Å². The van der Waals surface area contributed by atoms with Gasteiger partial charge >= 0.3 is 12.0 Å². The zero-order valence-corrected chi connectivity index (χ0v) is 13.7. The van der Waals surface area contributed by atoms with E-state index in [4.69, 9.17) is 4.74 Å². The topological polar surface area (TPSA) is 111 Å². The average Bonchev–Trinajstić information content (AvgIpc) is 3.10. The minimum atomic E-state index is -0.380. The quantitative estimate of drug-likeness (QED) is 0.629. The molecule has 2 amide bonds. The minimum absolute atomic E-state index is 0.0349. The first kappa shape index (κ1) is 16.2. The monoisotopic (exact) mass is 332 g/mol. The molecule has 1 fully saturated rings. The van der Waals surface area contributed by atoms with Gasteiger partial charge in [-0.25, -0.2) is 9.78 Å². The lowest BCUT2D eigenvalue weighted by atomic mass is 10.0. The Bertz CT molecular complexity index is 772. The van der Waals surface area contributed by atoms with Crippen LogP contribution >= 0.6 is 0 Å². The number of rotatable bonds is 5. The standard InChI is InChI=1S/C15H20N6O3/c1-9-8-10(2)21-14(17-9)18-13(20-21)19-15(23)16-6-3-4-11-5-7-24-12(11)22/h8,11H,3-7H2,1-2H3,(H2,16,19,20,23). The summed E-state index contributed by atoms with van der Waals surface area (Å²) < 4.78 is 6.48. The van der Waals surface area contributed by atoms with E-state index in [2.05, 4.69) is 25.7 Å². The fourth-order valence-electron chi connectivity index (χ4n) is 2.72. The van der Waals surface area contributed by atoms with Gasteiger partial charge in [-0.1, -0.05) is 0 Å². The molecule has 9 heteroatoms. The van der Waals surface area contributed by atoms with Crippen LogP contribution < -0.4 is 10.6 Å². The van der Waals surface area contributed by atoms with Gasteiger partial charge in [0.25, 0.3) is 11.7 Å². The normalized spacial score (nSPS) is 17.1. The van der Waals surface area contributed by atoms with E-state index in [1.807, 2.05) is 19.9 Å².